The van der Waals surface area contributed by atoms with Crippen molar-refractivity contribution in [2.75, 3.05) is 0 Å². The molecule has 6 heteroatoms. The van der Waals surface area contributed by atoms with Gasteiger partial charge < -0.3 is 14.3 Å². The molecular formula is C15H10NNaO4. The van der Waals surface area contributed by atoms with Crippen LogP contribution in [0.15, 0.2) is 58.0 Å². The Morgan fingerprint density at radius 1 is 1.24 bits per heavy atom. The first-order chi connectivity index (χ1) is 9.72. The molecule has 0 N–H and O–H groups in total. The van der Waals surface area contributed by atoms with Gasteiger partial charge in [-0.1, -0.05) is 11.8 Å². The van der Waals surface area contributed by atoms with Crippen molar-refractivity contribution in [3.8, 4) is 11.5 Å². The number of aromatic nitrogens is 1. The fourth-order valence-corrected chi connectivity index (χ4v) is 1.85. The van der Waals surface area contributed by atoms with Crippen molar-refractivity contribution in [3.63, 3.8) is 0 Å². The largest absolute Gasteiger partial charge is 1.00 e. The molecule has 0 saturated carbocycles. The van der Waals surface area contributed by atoms with E-state index in [-0.39, 0.29) is 40.9 Å². The third-order valence-electron chi connectivity index (χ3n) is 2.81. The summed E-state index contributed by atoms with van der Waals surface area (Å²) in [5.74, 6) is 0.171. The van der Waals surface area contributed by atoms with E-state index in [1.54, 1.807) is 24.5 Å². The average molecular weight is 291 g/mol. The topological polar surface area (TPSA) is 75.4 Å². The van der Waals surface area contributed by atoms with Gasteiger partial charge in [-0.05, 0) is 18.2 Å². The zero-order chi connectivity index (χ0) is 13.9. The van der Waals surface area contributed by atoms with Crippen LogP contribution in [-0.2, 0) is 6.61 Å². The van der Waals surface area contributed by atoms with Crippen LogP contribution in [0.5, 0.6) is 11.5 Å². The predicted molar refractivity (Wildman–Crippen MR) is 70.5 cm³/mol. The first kappa shape index (κ1) is 15.6. The van der Waals surface area contributed by atoms with E-state index < -0.39 is 5.63 Å². The van der Waals surface area contributed by atoms with Gasteiger partial charge in [0.15, 0.2) is 0 Å². The van der Waals surface area contributed by atoms with Crippen molar-refractivity contribution < 1.29 is 43.8 Å². The van der Waals surface area contributed by atoms with Gasteiger partial charge in [0.25, 0.3) is 0 Å². The van der Waals surface area contributed by atoms with Crippen LogP contribution >= 0.6 is 0 Å². The predicted octanol–water partition coefficient (Wildman–Crippen LogP) is -1.16. The van der Waals surface area contributed by atoms with E-state index >= 15 is 0 Å². The minimum absolute atomic E-state index is 0. The normalized spacial score (nSPS) is 10.1. The van der Waals surface area contributed by atoms with Crippen LogP contribution in [0.1, 0.15) is 5.56 Å². The second kappa shape index (κ2) is 6.76. The number of ether oxygens (including phenoxy) is 1. The van der Waals surface area contributed by atoms with Crippen molar-refractivity contribution in [1.82, 2.24) is 4.98 Å². The fraction of sp³-hybridized carbons (Fsp3) is 0.0667. The Balaban J connectivity index is 0.00000161. The van der Waals surface area contributed by atoms with E-state index in [9.17, 15) is 9.90 Å². The molecule has 0 fully saturated rings. The quantitative estimate of drug-likeness (QED) is 0.450. The number of benzene rings is 1. The van der Waals surface area contributed by atoms with Crippen LogP contribution in [0.2, 0.25) is 0 Å². The molecular weight excluding hydrogens is 281 g/mol. The van der Waals surface area contributed by atoms with E-state index in [0.29, 0.717) is 17.7 Å². The summed E-state index contributed by atoms with van der Waals surface area (Å²) in [6, 6.07) is 9.43. The molecule has 100 valence electrons. The van der Waals surface area contributed by atoms with Crippen LogP contribution < -0.4 is 45.0 Å². The smallest absolute Gasteiger partial charge is 0.872 e. The van der Waals surface area contributed by atoms with Crippen molar-refractivity contribution in [2.24, 2.45) is 0 Å². The summed E-state index contributed by atoms with van der Waals surface area (Å²) in [6.45, 7) is 0.348. The average Bonchev–Trinajstić information content (AvgIpc) is 2.45. The molecule has 0 unspecified atom stereocenters. The molecule has 0 saturated heterocycles. The molecule has 1 aromatic carbocycles. The third-order valence-corrected chi connectivity index (χ3v) is 2.81. The molecule has 0 atom stereocenters. The van der Waals surface area contributed by atoms with Gasteiger partial charge in [-0.25, -0.2) is 4.79 Å². The van der Waals surface area contributed by atoms with E-state index in [1.165, 1.54) is 6.07 Å². The van der Waals surface area contributed by atoms with Crippen LogP contribution in [0.4, 0.5) is 0 Å². The Hall–Kier alpha value is -1.82. The molecule has 0 spiro atoms. The molecule has 0 radical (unpaired) electrons. The van der Waals surface area contributed by atoms with Crippen molar-refractivity contribution in [2.45, 2.75) is 6.61 Å². The molecule has 5 nitrogen and oxygen atoms in total. The minimum atomic E-state index is -0.660. The molecule has 2 aromatic heterocycles. The van der Waals surface area contributed by atoms with Gasteiger partial charge in [0.2, 0.25) is 0 Å². The van der Waals surface area contributed by atoms with E-state index in [1.807, 2.05) is 12.1 Å². The number of rotatable bonds is 3. The van der Waals surface area contributed by atoms with Gasteiger partial charge in [0.05, 0.1) is 0 Å². The van der Waals surface area contributed by atoms with Crippen LogP contribution in [-0.4, -0.2) is 4.98 Å². The first-order valence-electron chi connectivity index (χ1n) is 5.99. The third kappa shape index (κ3) is 3.64. The zero-order valence-corrected chi connectivity index (χ0v) is 13.4. The first-order valence-corrected chi connectivity index (χ1v) is 5.99. The second-order valence-electron chi connectivity index (χ2n) is 4.24. The molecule has 0 aliphatic rings. The van der Waals surface area contributed by atoms with Crippen LogP contribution in [0, 0.1) is 0 Å². The number of fused-ring (bicyclic) bond motifs is 1. The van der Waals surface area contributed by atoms with Gasteiger partial charge >= 0.3 is 35.2 Å². The van der Waals surface area contributed by atoms with Gasteiger partial charge in [-0.2, -0.15) is 0 Å². The van der Waals surface area contributed by atoms with Gasteiger partial charge in [-0.3, -0.25) is 4.98 Å². The summed E-state index contributed by atoms with van der Waals surface area (Å²) in [6.07, 6.45) is 3.39. The summed E-state index contributed by atoms with van der Waals surface area (Å²) >= 11 is 0. The molecule has 2 heterocycles. The Kier molecular flexibility index (Phi) is 5.01. The molecule has 0 bridgehead atoms. The number of nitrogens with zero attached hydrogens (tertiary/aromatic N) is 1. The summed E-state index contributed by atoms with van der Waals surface area (Å²) in [4.78, 5) is 15.2. The molecule has 0 aliphatic heterocycles. The second-order valence-corrected chi connectivity index (χ2v) is 4.24. The maximum absolute atomic E-state index is 11.6. The number of hydrogen-bond donors (Lipinski definition) is 0. The van der Waals surface area contributed by atoms with Gasteiger partial charge in [0, 0.05) is 35.5 Å². The molecule has 3 rings (SSSR count). The van der Waals surface area contributed by atoms with Crippen molar-refractivity contribution in [1.29, 1.82) is 0 Å². The van der Waals surface area contributed by atoms with Gasteiger partial charge in [0.1, 0.15) is 17.9 Å². The zero-order valence-electron chi connectivity index (χ0n) is 11.4. The van der Waals surface area contributed by atoms with Crippen molar-refractivity contribution >= 4 is 11.0 Å². The molecule has 0 amide bonds. The Labute approximate surface area is 142 Å². The van der Waals surface area contributed by atoms with E-state index in [4.69, 9.17) is 9.15 Å². The minimum Gasteiger partial charge on any atom is -0.872 e. The van der Waals surface area contributed by atoms with Crippen LogP contribution in [0.3, 0.4) is 0 Å². The molecule has 3 aromatic rings. The molecule has 0 aliphatic carbocycles. The van der Waals surface area contributed by atoms with Gasteiger partial charge in [-0.15, -0.1) is 0 Å². The number of hydrogen-bond acceptors (Lipinski definition) is 5. The monoisotopic (exact) mass is 291 g/mol. The summed E-state index contributed by atoms with van der Waals surface area (Å²) in [5.41, 5.74) is 0.490. The maximum Gasteiger partial charge on any atom is 1.00 e. The SMILES string of the molecule is O=c1cc([O-])c2ccc(OCc3cccnc3)cc2o1.[Na+]. The van der Waals surface area contributed by atoms with Crippen molar-refractivity contribution in [3.05, 3.63) is 64.8 Å². The Morgan fingerprint density at radius 3 is 2.86 bits per heavy atom. The number of pyridine rings is 1. The summed E-state index contributed by atoms with van der Waals surface area (Å²) < 4.78 is 10.6. The fourth-order valence-electron chi connectivity index (χ4n) is 1.85. The van der Waals surface area contributed by atoms with E-state index in [0.717, 1.165) is 11.6 Å². The Bertz CT molecular complexity index is 802. The van der Waals surface area contributed by atoms with E-state index in [2.05, 4.69) is 4.98 Å². The Morgan fingerprint density at radius 2 is 2.10 bits per heavy atom. The summed E-state index contributed by atoms with van der Waals surface area (Å²) in [5, 5.41) is 11.9. The molecule has 21 heavy (non-hydrogen) atoms. The maximum atomic E-state index is 11.6. The summed E-state index contributed by atoms with van der Waals surface area (Å²) in [7, 11) is 0. The standard InChI is InChI=1S/C15H11NO4.Na/c17-13-7-15(18)20-14-6-11(3-4-12(13)14)19-9-10-2-1-5-16-8-10;/h1-8,17H,9H2;/q;+1/p-1. The van der Waals surface area contributed by atoms with Crippen LogP contribution in [0.25, 0.3) is 11.0 Å².